The normalized spacial score (nSPS) is 12.7. The highest BCUT2D eigenvalue weighted by Crippen LogP contribution is 2.35. The average Bonchev–Trinajstić information content (AvgIpc) is 2.43. The topological polar surface area (TPSA) is 30.5 Å². The van der Waals surface area contributed by atoms with E-state index in [0.717, 1.165) is 18.5 Å². The van der Waals surface area contributed by atoms with Gasteiger partial charge in [-0.25, -0.2) is 0 Å². The molecule has 0 bridgehead atoms. The van der Waals surface area contributed by atoms with E-state index >= 15 is 0 Å². The van der Waals surface area contributed by atoms with Gasteiger partial charge in [0.05, 0.1) is 28.3 Å². The number of benzene rings is 1. The maximum atomic E-state index is 6.20. The Labute approximate surface area is 135 Å². The first-order chi connectivity index (χ1) is 9.57. The van der Waals surface area contributed by atoms with Gasteiger partial charge in [-0.05, 0) is 31.5 Å². The fraction of sp³-hybridized carbons (Fsp3) is 0.571. The number of hydrogen-bond donors (Lipinski definition) is 1. The smallest absolute Gasteiger partial charge is 0.0781 e. The van der Waals surface area contributed by atoms with E-state index in [1.807, 2.05) is 13.0 Å². The quantitative estimate of drug-likeness (QED) is 0.535. The van der Waals surface area contributed by atoms with Crippen molar-refractivity contribution in [2.75, 3.05) is 33.5 Å². The molecule has 0 saturated heterocycles. The Morgan fingerprint density at radius 3 is 2.55 bits per heavy atom. The van der Waals surface area contributed by atoms with Crippen LogP contribution < -0.4 is 5.32 Å². The van der Waals surface area contributed by atoms with Crippen molar-refractivity contribution in [3.8, 4) is 0 Å². The lowest BCUT2D eigenvalue weighted by molar-refractivity contribution is 0.0693. The highest BCUT2D eigenvalue weighted by atomic mass is 35.5. The maximum Gasteiger partial charge on any atom is 0.0781 e. The first-order valence-corrected chi connectivity index (χ1v) is 7.64. The number of nitrogens with one attached hydrogen (secondary N) is 1. The Kier molecular flexibility index (Phi) is 8.85. The summed E-state index contributed by atoms with van der Waals surface area (Å²) in [5.41, 5.74) is 0.946. The van der Waals surface area contributed by atoms with Gasteiger partial charge in [0.15, 0.2) is 0 Å². The monoisotopic (exact) mass is 339 g/mol. The van der Waals surface area contributed by atoms with E-state index in [-0.39, 0.29) is 6.04 Å². The Morgan fingerprint density at radius 1 is 1.10 bits per heavy atom. The van der Waals surface area contributed by atoms with E-state index in [0.29, 0.717) is 34.9 Å². The molecular formula is C14H20Cl3NO2. The summed E-state index contributed by atoms with van der Waals surface area (Å²) in [7, 11) is 1.66. The Morgan fingerprint density at radius 2 is 1.85 bits per heavy atom. The van der Waals surface area contributed by atoms with Gasteiger partial charge in [-0.2, -0.15) is 0 Å². The molecule has 0 amide bonds. The predicted molar refractivity (Wildman–Crippen MR) is 85.2 cm³/mol. The van der Waals surface area contributed by atoms with Crippen molar-refractivity contribution in [1.82, 2.24) is 5.32 Å². The van der Waals surface area contributed by atoms with Crippen molar-refractivity contribution in [1.29, 1.82) is 0 Å². The van der Waals surface area contributed by atoms with E-state index < -0.39 is 0 Å². The molecule has 0 aromatic heterocycles. The van der Waals surface area contributed by atoms with E-state index in [9.17, 15) is 0 Å². The molecular weight excluding hydrogens is 321 g/mol. The van der Waals surface area contributed by atoms with E-state index in [1.165, 1.54) is 0 Å². The van der Waals surface area contributed by atoms with Crippen LogP contribution >= 0.6 is 34.8 Å². The van der Waals surface area contributed by atoms with Crippen molar-refractivity contribution in [2.45, 2.75) is 19.4 Å². The Bertz CT molecular complexity index is 416. The summed E-state index contributed by atoms with van der Waals surface area (Å²) >= 11 is 18.1. The van der Waals surface area contributed by atoms with Gasteiger partial charge >= 0.3 is 0 Å². The predicted octanol–water partition coefficient (Wildman–Crippen LogP) is 4.35. The van der Waals surface area contributed by atoms with E-state index in [4.69, 9.17) is 44.3 Å². The van der Waals surface area contributed by atoms with Gasteiger partial charge in [-0.3, -0.25) is 0 Å². The van der Waals surface area contributed by atoms with Crippen molar-refractivity contribution < 1.29 is 9.47 Å². The number of ether oxygens (including phenoxy) is 2. The van der Waals surface area contributed by atoms with E-state index in [1.54, 1.807) is 13.2 Å². The first kappa shape index (κ1) is 18.0. The van der Waals surface area contributed by atoms with Crippen LogP contribution in [0.4, 0.5) is 0 Å². The van der Waals surface area contributed by atoms with Crippen LogP contribution in [0, 0.1) is 0 Å². The highest BCUT2D eigenvalue weighted by molar-refractivity contribution is 6.48. The second-order valence-electron chi connectivity index (χ2n) is 4.40. The third-order valence-corrected chi connectivity index (χ3v) is 4.19. The number of hydrogen-bond acceptors (Lipinski definition) is 3. The lowest BCUT2D eigenvalue weighted by atomic mass is 10.1. The molecule has 1 aromatic rings. The van der Waals surface area contributed by atoms with Crippen LogP contribution in [-0.4, -0.2) is 33.5 Å². The fourth-order valence-corrected chi connectivity index (χ4v) is 2.43. The van der Waals surface area contributed by atoms with Crippen molar-refractivity contribution in [3.63, 3.8) is 0 Å². The molecule has 0 radical (unpaired) electrons. The molecule has 1 unspecified atom stereocenters. The Balaban J connectivity index is 2.33. The fourth-order valence-electron chi connectivity index (χ4n) is 1.72. The second-order valence-corrected chi connectivity index (χ2v) is 5.56. The lowest BCUT2D eigenvalue weighted by Crippen LogP contribution is -2.21. The molecule has 0 aliphatic heterocycles. The van der Waals surface area contributed by atoms with Gasteiger partial charge in [0, 0.05) is 19.8 Å². The summed E-state index contributed by atoms with van der Waals surface area (Å²) in [6.45, 7) is 4.84. The van der Waals surface area contributed by atoms with Gasteiger partial charge in [0.2, 0.25) is 0 Å². The zero-order valence-electron chi connectivity index (χ0n) is 11.7. The molecule has 0 saturated carbocycles. The first-order valence-electron chi connectivity index (χ1n) is 6.51. The minimum Gasteiger partial charge on any atom is -0.382 e. The Hall–Kier alpha value is -0.0300. The molecule has 3 nitrogen and oxygen atoms in total. The second kappa shape index (κ2) is 9.82. The average molecular weight is 341 g/mol. The summed E-state index contributed by atoms with van der Waals surface area (Å²) in [5, 5.41) is 4.77. The molecule has 6 heteroatoms. The van der Waals surface area contributed by atoms with Gasteiger partial charge in [-0.15, -0.1) is 0 Å². The van der Waals surface area contributed by atoms with Crippen molar-refractivity contribution >= 4 is 34.8 Å². The van der Waals surface area contributed by atoms with Crippen molar-refractivity contribution in [3.05, 3.63) is 32.8 Å². The number of rotatable bonds is 9. The summed E-state index contributed by atoms with van der Waals surface area (Å²) < 4.78 is 10.3. The van der Waals surface area contributed by atoms with Gasteiger partial charge in [0.1, 0.15) is 0 Å². The largest absolute Gasteiger partial charge is 0.382 e. The number of methoxy groups -OCH3 is 1. The summed E-state index contributed by atoms with van der Waals surface area (Å²) in [5.74, 6) is 0. The van der Waals surface area contributed by atoms with Crippen LogP contribution in [0.1, 0.15) is 24.9 Å². The molecule has 1 N–H and O–H groups in total. The van der Waals surface area contributed by atoms with Crippen LogP contribution in [0.2, 0.25) is 15.1 Å². The minimum atomic E-state index is 0.108. The highest BCUT2D eigenvalue weighted by Gasteiger charge is 2.13. The molecule has 1 rings (SSSR count). The molecule has 0 aliphatic carbocycles. The van der Waals surface area contributed by atoms with Gasteiger partial charge in [-0.1, -0.05) is 40.9 Å². The molecule has 1 atom stereocenters. The van der Waals surface area contributed by atoms with Crippen LogP contribution in [-0.2, 0) is 9.47 Å². The SMILES string of the molecule is COCCOCCCNC(C)c1ccc(Cl)c(Cl)c1Cl. The molecule has 1 aromatic carbocycles. The third-order valence-electron chi connectivity index (χ3n) is 2.88. The molecule has 114 valence electrons. The molecule has 20 heavy (non-hydrogen) atoms. The van der Waals surface area contributed by atoms with Crippen LogP contribution in [0.15, 0.2) is 12.1 Å². The molecule has 0 spiro atoms. The number of halogens is 3. The zero-order valence-corrected chi connectivity index (χ0v) is 14.0. The standard InChI is InChI=1S/C14H20Cl3NO2/c1-10(18-6-3-7-20-9-8-19-2)11-4-5-12(15)14(17)13(11)16/h4-5,10,18H,3,6-9H2,1-2H3. The molecule has 0 fully saturated rings. The van der Waals surface area contributed by atoms with Gasteiger partial charge < -0.3 is 14.8 Å². The maximum absolute atomic E-state index is 6.20. The van der Waals surface area contributed by atoms with Crippen LogP contribution in [0.5, 0.6) is 0 Å². The van der Waals surface area contributed by atoms with Crippen molar-refractivity contribution in [2.24, 2.45) is 0 Å². The van der Waals surface area contributed by atoms with Crippen LogP contribution in [0.25, 0.3) is 0 Å². The van der Waals surface area contributed by atoms with Crippen LogP contribution in [0.3, 0.4) is 0 Å². The minimum absolute atomic E-state index is 0.108. The third kappa shape index (κ3) is 5.76. The summed E-state index contributed by atoms with van der Waals surface area (Å²) in [4.78, 5) is 0. The molecule has 0 aliphatic rings. The zero-order chi connectivity index (χ0) is 15.0. The lowest BCUT2D eigenvalue weighted by Gasteiger charge is -2.17. The molecule has 0 heterocycles. The van der Waals surface area contributed by atoms with E-state index in [2.05, 4.69) is 5.32 Å². The van der Waals surface area contributed by atoms with Gasteiger partial charge in [0.25, 0.3) is 0 Å². The summed E-state index contributed by atoms with van der Waals surface area (Å²) in [6.07, 6.45) is 0.924. The summed E-state index contributed by atoms with van der Waals surface area (Å²) in [6, 6.07) is 3.76.